The molecule has 2 aromatic carbocycles. The zero-order valence-electron chi connectivity index (χ0n) is 11.5. The minimum atomic E-state index is -1.02. The van der Waals surface area contributed by atoms with Crippen LogP contribution in [0.2, 0.25) is 0 Å². The maximum absolute atomic E-state index is 11.4. The summed E-state index contributed by atoms with van der Waals surface area (Å²) in [4.78, 5) is 15.6. The molecule has 5 nitrogen and oxygen atoms in total. The summed E-state index contributed by atoms with van der Waals surface area (Å²) >= 11 is 0. The molecule has 0 aliphatic heterocycles. The molecule has 0 bridgehead atoms. The highest BCUT2D eigenvalue weighted by Crippen LogP contribution is 2.29. The summed E-state index contributed by atoms with van der Waals surface area (Å²) in [6.45, 7) is 2.67. The Morgan fingerprint density at radius 1 is 1.29 bits per heavy atom. The number of aromatic carboxylic acids is 1. The van der Waals surface area contributed by atoms with E-state index >= 15 is 0 Å². The molecule has 0 aliphatic rings. The molecule has 21 heavy (non-hydrogen) atoms. The fourth-order valence-electron chi connectivity index (χ4n) is 2.21. The molecule has 0 fully saturated rings. The summed E-state index contributed by atoms with van der Waals surface area (Å²) in [6.07, 6.45) is 3.41. The van der Waals surface area contributed by atoms with Gasteiger partial charge in [0, 0.05) is 18.9 Å². The summed E-state index contributed by atoms with van der Waals surface area (Å²) in [7, 11) is 0. The topological polar surface area (TPSA) is 64.4 Å². The number of nitrogens with zero attached hydrogens (tertiary/aromatic N) is 2. The Balaban J connectivity index is 2.11. The molecule has 0 amide bonds. The first-order valence-electron chi connectivity index (χ1n) is 6.64. The van der Waals surface area contributed by atoms with E-state index in [-0.39, 0.29) is 5.56 Å². The minimum absolute atomic E-state index is 0.124. The molecule has 0 aliphatic carbocycles. The van der Waals surface area contributed by atoms with Crippen molar-refractivity contribution in [1.82, 2.24) is 9.55 Å². The van der Waals surface area contributed by atoms with Gasteiger partial charge in [-0.1, -0.05) is 24.3 Å². The van der Waals surface area contributed by atoms with Crippen molar-refractivity contribution in [2.45, 2.75) is 13.5 Å². The van der Waals surface area contributed by atoms with E-state index in [1.165, 1.54) is 0 Å². The van der Waals surface area contributed by atoms with Crippen LogP contribution in [-0.4, -0.2) is 20.6 Å². The molecule has 3 rings (SSSR count). The van der Waals surface area contributed by atoms with Crippen molar-refractivity contribution in [3.8, 4) is 11.8 Å². The van der Waals surface area contributed by atoms with Gasteiger partial charge in [-0.2, -0.15) is 0 Å². The molecule has 3 aromatic rings. The molecule has 0 saturated carbocycles. The Morgan fingerprint density at radius 2 is 2.00 bits per heavy atom. The van der Waals surface area contributed by atoms with Gasteiger partial charge in [0.2, 0.25) is 0 Å². The van der Waals surface area contributed by atoms with E-state index in [4.69, 9.17) is 4.74 Å². The van der Waals surface area contributed by atoms with Crippen molar-refractivity contribution >= 4 is 16.7 Å². The monoisotopic (exact) mass is 282 g/mol. The molecular formula is C16H14N2O3. The number of ether oxygens (including phenoxy) is 1. The number of carboxylic acid groups (broad SMARTS) is 1. The van der Waals surface area contributed by atoms with Crippen molar-refractivity contribution in [3.63, 3.8) is 0 Å². The van der Waals surface area contributed by atoms with Gasteiger partial charge in [-0.05, 0) is 29.8 Å². The van der Waals surface area contributed by atoms with Gasteiger partial charge >= 0.3 is 12.0 Å². The van der Waals surface area contributed by atoms with Gasteiger partial charge in [-0.15, -0.1) is 0 Å². The van der Waals surface area contributed by atoms with Crippen molar-refractivity contribution in [2.75, 3.05) is 0 Å². The van der Waals surface area contributed by atoms with Gasteiger partial charge in [0.25, 0.3) is 0 Å². The third-order valence-electron chi connectivity index (χ3n) is 3.30. The van der Waals surface area contributed by atoms with Crippen LogP contribution < -0.4 is 4.74 Å². The predicted molar refractivity (Wildman–Crippen MR) is 78.9 cm³/mol. The summed E-state index contributed by atoms with van der Waals surface area (Å²) in [6, 6.07) is 11.3. The lowest BCUT2D eigenvalue weighted by molar-refractivity contribution is 0.0694. The zero-order valence-corrected chi connectivity index (χ0v) is 11.5. The first kappa shape index (κ1) is 13.2. The van der Waals surface area contributed by atoms with E-state index in [0.29, 0.717) is 18.3 Å². The minimum Gasteiger partial charge on any atom is -0.478 e. The van der Waals surface area contributed by atoms with Gasteiger partial charge in [0.15, 0.2) is 0 Å². The number of hydrogen-bond acceptors (Lipinski definition) is 3. The molecule has 0 spiro atoms. The standard InChI is InChI=1S/C16H14N2O3/c1-2-18-8-7-17-16(18)21-14-10-12-6-4-3-5-11(12)9-13(14)15(19)20/h3-10H,2H2,1H3,(H,19,20). The van der Waals surface area contributed by atoms with Crippen molar-refractivity contribution in [1.29, 1.82) is 0 Å². The Bertz CT molecular complexity index is 808. The average Bonchev–Trinajstić information content (AvgIpc) is 2.93. The predicted octanol–water partition coefficient (Wildman–Crippen LogP) is 3.55. The highest BCUT2D eigenvalue weighted by atomic mass is 16.5. The van der Waals surface area contributed by atoms with E-state index in [2.05, 4.69) is 4.98 Å². The molecule has 1 heterocycles. The number of aromatic nitrogens is 2. The number of aryl methyl sites for hydroxylation is 1. The number of benzene rings is 2. The smallest absolute Gasteiger partial charge is 0.339 e. The highest BCUT2D eigenvalue weighted by molar-refractivity contribution is 5.97. The Hall–Kier alpha value is -2.82. The molecule has 1 N–H and O–H groups in total. The van der Waals surface area contributed by atoms with Crippen LogP contribution in [0, 0.1) is 0 Å². The number of fused-ring (bicyclic) bond motifs is 1. The van der Waals surface area contributed by atoms with Crippen molar-refractivity contribution in [3.05, 3.63) is 54.4 Å². The normalized spacial score (nSPS) is 10.7. The molecule has 0 saturated heterocycles. The Labute approximate surface area is 121 Å². The second-order valence-corrected chi connectivity index (χ2v) is 4.60. The molecule has 0 unspecified atom stereocenters. The SMILES string of the molecule is CCn1ccnc1Oc1cc2ccccc2cc1C(=O)O. The van der Waals surface area contributed by atoms with E-state index in [1.807, 2.05) is 31.2 Å². The third-order valence-corrected chi connectivity index (χ3v) is 3.30. The lowest BCUT2D eigenvalue weighted by Crippen LogP contribution is -2.03. The van der Waals surface area contributed by atoms with Crippen LogP contribution in [0.3, 0.4) is 0 Å². The Kier molecular flexibility index (Phi) is 3.31. The van der Waals surface area contributed by atoms with Crippen LogP contribution in [0.25, 0.3) is 10.8 Å². The van der Waals surface area contributed by atoms with E-state index < -0.39 is 5.97 Å². The second kappa shape index (κ2) is 5.28. The number of carboxylic acids is 1. The molecule has 0 radical (unpaired) electrons. The number of carbonyl (C=O) groups is 1. The average molecular weight is 282 g/mol. The fourth-order valence-corrected chi connectivity index (χ4v) is 2.21. The fraction of sp³-hybridized carbons (Fsp3) is 0.125. The van der Waals surface area contributed by atoms with Gasteiger partial charge < -0.3 is 14.4 Å². The lowest BCUT2D eigenvalue weighted by atomic mass is 10.1. The molecule has 5 heteroatoms. The van der Waals surface area contributed by atoms with Gasteiger partial charge in [0.05, 0.1) is 0 Å². The van der Waals surface area contributed by atoms with Crippen molar-refractivity contribution < 1.29 is 14.6 Å². The van der Waals surface area contributed by atoms with Gasteiger partial charge in [-0.25, -0.2) is 9.78 Å². The Morgan fingerprint density at radius 3 is 2.67 bits per heavy atom. The van der Waals surface area contributed by atoms with Crippen LogP contribution in [-0.2, 0) is 6.54 Å². The maximum Gasteiger partial charge on any atom is 0.339 e. The van der Waals surface area contributed by atoms with Crippen molar-refractivity contribution in [2.24, 2.45) is 0 Å². The second-order valence-electron chi connectivity index (χ2n) is 4.60. The molecular weight excluding hydrogens is 268 g/mol. The van der Waals surface area contributed by atoms with Crippen LogP contribution in [0.1, 0.15) is 17.3 Å². The van der Waals surface area contributed by atoms with Crippen LogP contribution in [0.5, 0.6) is 11.8 Å². The van der Waals surface area contributed by atoms with E-state index in [9.17, 15) is 9.90 Å². The largest absolute Gasteiger partial charge is 0.478 e. The number of hydrogen-bond donors (Lipinski definition) is 1. The number of rotatable bonds is 4. The zero-order chi connectivity index (χ0) is 14.8. The van der Waals surface area contributed by atoms with Gasteiger partial charge in [0.1, 0.15) is 11.3 Å². The van der Waals surface area contributed by atoms with Crippen LogP contribution >= 0.6 is 0 Å². The number of imidazole rings is 1. The summed E-state index contributed by atoms with van der Waals surface area (Å²) in [5.41, 5.74) is 0.124. The van der Waals surface area contributed by atoms with E-state index in [0.717, 1.165) is 10.8 Å². The molecule has 106 valence electrons. The third kappa shape index (κ3) is 2.45. The van der Waals surface area contributed by atoms with Gasteiger partial charge in [-0.3, -0.25) is 0 Å². The highest BCUT2D eigenvalue weighted by Gasteiger charge is 2.15. The summed E-state index contributed by atoms with van der Waals surface area (Å²) in [5, 5.41) is 11.2. The first-order chi connectivity index (χ1) is 10.2. The quantitative estimate of drug-likeness (QED) is 0.794. The summed E-state index contributed by atoms with van der Waals surface area (Å²) < 4.78 is 7.52. The van der Waals surface area contributed by atoms with E-state index in [1.54, 1.807) is 29.1 Å². The van der Waals surface area contributed by atoms with Crippen LogP contribution in [0.15, 0.2) is 48.8 Å². The molecule has 1 aromatic heterocycles. The lowest BCUT2D eigenvalue weighted by Gasteiger charge is -2.10. The first-order valence-corrected chi connectivity index (χ1v) is 6.64. The molecule has 0 atom stereocenters. The maximum atomic E-state index is 11.4. The van der Waals surface area contributed by atoms with Crippen LogP contribution in [0.4, 0.5) is 0 Å². The summed E-state index contributed by atoms with van der Waals surface area (Å²) in [5.74, 6) is -0.729.